The molecule has 0 aliphatic rings. The Morgan fingerprint density at radius 1 is 1.05 bits per heavy atom. The lowest BCUT2D eigenvalue weighted by molar-refractivity contribution is -0.117. The van der Waals surface area contributed by atoms with E-state index in [0.29, 0.717) is 11.8 Å². The quantitative estimate of drug-likeness (QED) is 0.922. The van der Waals surface area contributed by atoms with Gasteiger partial charge in [-0.2, -0.15) is 0 Å². The van der Waals surface area contributed by atoms with E-state index in [-0.39, 0.29) is 18.5 Å². The molecule has 0 atom stereocenters. The fraction of sp³-hybridized carbons (Fsp3) is 0.125. The third kappa shape index (κ3) is 3.66. The number of amides is 2. The Labute approximate surface area is 126 Å². The van der Waals surface area contributed by atoms with Crippen molar-refractivity contribution in [1.82, 2.24) is 0 Å². The van der Waals surface area contributed by atoms with Crippen LogP contribution in [0.15, 0.2) is 48.5 Å². The molecule has 114 valence electrons. The molecule has 0 aliphatic carbocycles. The largest absolute Gasteiger partial charge is 0.370 e. The molecule has 0 aromatic heterocycles. The van der Waals surface area contributed by atoms with Crippen molar-refractivity contribution >= 4 is 17.5 Å². The predicted octanol–water partition coefficient (Wildman–Crippen LogP) is 2.49. The van der Waals surface area contributed by atoms with Gasteiger partial charge < -0.3 is 10.6 Å². The summed E-state index contributed by atoms with van der Waals surface area (Å²) in [6.07, 6.45) is -0.0660. The number of nitrogens with two attached hydrogens (primary N) is 1. The van der Waals surface area contributed by atoms with Crippen LogP contribution in [0.4, 0.5) is 14.5 Å². The zero-order valence-electron chi connectivity index (χ0n) is 11.6. The van der Waals surface area contributed by atoms with Crippen LogP contribution < -0.4 is 10.6 Å². The molecule has 0 aliphatic heterocycles. The molecule has 0 unspecified atom stereocenters. The standard InChI is InChI=1S/C16H14F2N2O2/c17-11-6-7-13(14(18)10-11)16(22)20(9-8-15(19)21)12-4-2-1-3-5-12/h1-7,10H,8-9H2,(H2,19,21). The molecule has 2 aromatic carbocycles. The van der Waals surface area contributed by atoms with Crippen LogP contribution in [0, 0.1) is 11.6 Å². The smallest absolute Gasteiger partial charge is 0.261 e. The number of benzene rings is 2. The van der Waals surface area contributed by atoms with E-state index in [1.807, 2.05) is 0 Å². The minimum Gasteiger partial charge on any atom is -0.370 e. The number of carbonyl (C=O) groups excluding carboxylic acids is 2. The maximum absolute atomic E-state index is 13.8. The van der Waals surface area contributed by atoms with E-state index >= 15 is 0 Å². The van der Waals surface area contributed by atoms with Crippen molar-refractivity contribution in [3.63, 3.8) is 0 Å². The van der Waals surface area contributed by atoms with Crippen LogP contribution in [-0.4, -0.2) is 18.4 Å². The molecule has 0 radical (unpaired) electrons. The molecule has 0 fully saturated rings. The first-order valence-corrected chi connectivity index (χ1v) is 6.59. The van der Waals surface area contributed by atoms with Gasteiger partial charge in [0.05, 0.1) is 5.56 Å². The van der Waals surface area contributed by atoms with Gasteiger partial charge in [-0.15, -0.1) is 0 Å². The zero-order chi connectivity index (χ0) is 16.1. The Morgan fingerprint density at radius 2 is 1.73 bits per heavy atom. The molecular formula is C16H14F2N2O2. The van der Waals surface area contributed by atoms with E-state index in [4.69, 9.17) is 5.73 Å². The number of halogens is 2. The normalized spacial score (nSPS) is 10.3. The van der Waals surface area contributed by atoms with Crippen molar-refractivity contribution in [2.75, 3.05) is 11.4 Å². The van der Waals surface area contributed by atoms with Gasteiger partial charge >= 0.3 is 0 Å². The Balaban J connectivity index is 2.35. The minimum atomic E-state index is -0.954. The molecule has 2 amide bonds. The molecule has 2 aromatic rings. The second-order valence-corrected chi connectivity index (χ2v) is 4.63. The maximum atomic E-state index is 13.8. The topological polar surface area (TPSA) is 63.4 Å². The third-order valence-corrected chi connectivity index (χ3v) is 3.06. The van der Waals surface area contributed by atoms with Gasteiger partial charge in [-0.3, -0.25) is 9.59 Å². The Hall–Kier alpha value is -2.76. The highest BCUT2D eigenvalue weighted by Gasteiger charge is 2.21. The van der Waals surface area contributed by atoms with E-state index in [2.05, 4.69) is 0 Å². The van der Waals surface area contributed by atoms with Gasteiger partial charge in [0.1, 0.15) is 11.6 Å². The zero-order valence-corrected chi connectivity index (χ0v) is 11.6. The van der Waals surface area contributed by atoms with Crippen LogP contribution in [-0.2, 0) is 4.79 Å². The Morgan fingerprint density at radius 3 is 2.32 bits per heavy atom. The van der Waals surface area contributed by atoms with Crippen molar-refractivity contribution in [3.05, 3.63) is 65.7 Å². The van der Waals surface area contributed by atoms with Gasteiger partial charge in [0.15, 0.2) is 0 Å². The van der Waals surface area contributed by atoms with E-state index in [1.165, 1.54) is 4.90 Å². The number of nitrogens with zero attached hydrogens (tertiary/aromatic N) is 1. The van der Waals surface area contributed by atoms with Crippen LogP contribution in [0.2, 0.25) is 0 Å². The molecule has 6 heteroatoms. The first kappa shape index (κ1) is 15.6. The van der Waals surface area contributed by atoms with E-state index < -0.39 is 23.4 Å². The summed E-state index contributed by atoms with van der Waals surface area (Å²) in [6, 6.07) is 11.2. The van der Waals surface area contributed by atoms with Gasteiger partial charge in [-0.1, -0.05) is 18.2 Å². The molecule has 0 saturated heterocycles. The summed E-state index contributed by atoms with van der Waals surface area (Å²) in [4.78, 5) is 24.7. The van der Waals surface area contributed by atoms with Gasteiger partial charge in [-0.05, 0) is 24.3 Å². The molecule has 0 bridgehead atoms. The number of anilines is 1. The molecule has 22 heavy (non-hydrogen) atoms. The average Bonchev–Trinajstić information content (AvgIpc) is 2.48. The molecule has 4 nitrogen and oxygen atoms in total. The molecule has 2 rings (SSSR count). The predicted molar refractivity (Wildman–Crippen MR) is 78.3 cm³/mol. The fourth-order valence-corrected chi connectivity index (χ4v) is 1.99. The van der Waals surface area contributed by atoms with Crippen molar-refractivity contribution in [1.29, 1.82) is 0 Å². The lowest BCUT2D eigenvalue weighted by Gasteiger charge is -2.22. The summed E-state index contributed by atoms with van der Waals surface area (Å²) in [5, 5.41) is 0. The van der Waals surface area contributed by atoms with Crippen LogP contribution in [0.25, 0.3) is 0 Å². The van der Waals surface area contributed by atoms with Crippen molar-refractivity contribution in [3.8, 4) is 0 Å². The SMILES string of the molecule is NC(=O)CCN(C(=O)c1ccc(F)cc1F)c1ccccc1. The van der Waals surface area contributed by atoms with Crippen LogP contribution in [0.1, 0.15) is 16.8 Å². The van der Waals surface area contributed by atoms with Crippen LogP contribution >= 0.6 is 0 Å². The second kappa shape index (κ2) is 6.80. The van der Waals surface area contributed by atoms with Gasteiger partial charge in [0.25, 0.3) is 5.91 Å². The summed E-state index contributed by atoms with van der Waals surface area (Å²) >= 11 is 0. The summed E-state index contributed by atoms with van der Waals surface area (Å²) in [7, 11) is 0. The molecule has 0 saturated carbocycles. The number of primary amides is 1. The molecule has 2 N–H and O–H groups in total. The maximum Gasteiger partial charge on any atom is 0.261 e. The monoisotopic (exact) mass is 304 g/mol. The Bertz CT molecular complexity index is 690. The lowest BCUT2D eigenvalue weighted by atomic mass is 10.1. The summed E-state index contributed by atoms with van der Waals surface area (Å²) in [5.74, 6) is -2.96. The van der Waals surface area contributed by atoms with Crippen molar-refractivity contribution < 1.29 is 18.4 Å². The van der Waals surface area contributed by atoms with Crippen LogP contribution in [0.5, 0.6) is 0 Å². The number of hydrogen-bond donors (Lipinski definition) is 1. The highest BCUT2D eigenvalue weighted by atomic mass is 19.1. The molecular weight excluding hydrogens is 290 g/mol. The van der Waals surface area contributed by atoms with E-state index in [9.17, 15) is 18.4 Å². The van der Waals surface area contributed by atoms with Gasteiger partial charge in [-0.25, -0.2) is 8.78 Å². The molecule has 0 spiro atoms. The summed E-state index contributed by atoms with van der Waals surface area (Å²) in [6.45, 7) is 0.00893. The van der Waals surface area contributed by atoms with Crippen LogP contribution in [0.3, 0.4) is 0 Å². The van der Waals surface area contributed by atoms with Crippen molar-refractivity contribution in [2.45, 2.75) is 6.42 Å². The minimum absolute atomic E-state index is 0.00893. The number of para-hydroxylation sites is 1. The fourth-order valence-electron chi connectivity index (χ4n) is 1.99. The highest BCUT2D eigenvalue weighted by Crippen LogP contribution is 2.19. The number of hydrogen-bond acceptors (Lipinski definition) is 2. The van der Waals surface area contributed by atoms with E-state index in [1.54, 1.807) is 30.3 Å². The Kier molecular flexibility index (Phi) is 4.83. The summed E-state index contributed by atoms with van der Waals surface area (Å²) < 4.78 is 26.8. The first-order valence-electron chi connectivity index (χ1n) is 6.59. The van der Waals surface area contributed by atoms with Gasteiger partial charge in [0.2, 0.25) is 5.91 Å². The summed E-state index contributed by atoms with van der Waals surface area (Å²) in [5.41, 5.74) is 5.34. The van der Waals surface area contributed by atoms with E-state index in [0.717, 1.165) is 12.1 Å². The van der Waals surface area contributed by atoms with Crippen molar-refractivity contribution in [2.24, 2.45) is 5.73 Å². The number of carbonyl (C=O) groups is 2. The average molecular weight is 304 g/mol. The lowest BCUT2D eigenvalue weighted by Crippen LogP contribution is -2.34. The third-order valence-electron chi connectivity index (χ3n) is 3.06. The molecule has 0 heterocycles. The first-order chi connectivity index (χ1) is 10.5. The highest BCUT2D eigenvalue weighted by molar-refractivity contribution is 6.06. The second-order valence-electron chi connectivity index (χ2n) is 4.63. The number of rotatable bonds is 5. The van der Waals surface area contributed by atoms with Gasteiger partial charge in [0, 0.05) is 24.7 Å².